The third-order valence-electron chi connectivity index (χ3n) is 2.94. The van der Waals surface area contributed by atoms with Crippen molar-refractivity contribution in [1.82, 2.24) is 0 Å². The fourth-order valence-electron chi connectivity index (χ4n) is 1.90. The molecular weight excluding hydrogens is 214 g/mol. The smallest absolute Gasteiger partial charge is 0.0807 e. The Bertz CT molecular complexity index is 328. The SMILES string of the molecule is CCC(O)c1ccccc1N(C)CCCOC. The van der Waals surface area contributed by atoms with Gasteiger partial charge in [-0.05, 0) is 18.9 Å². The van der Waals surface area contributed by atoms with Crippen LogP contribution in [-0.4, -0.2) is 32.4 Å². The number of hydrogen-bond donors (Lipinski definition) is 1. The van der Waals surface area contributed by atoms with Crippen molar-refractivity contribution >= 4 is 5.69 Å². The lowest BCUT2D eigenvalue weighted by Gasteiger charge is -2.24. The first-order valence-corrected chi connectivity index (χ1v) is 6.17. The normalized spacial score (nSPS) is 12.5. The van der Waals surface area contributed by atoms with Crippen LogP contribution in [-0.2, 0) is 4.74 Å². The van der Waals surface area contributed by atoms with E-state index in [1.165, 1.54) is 0 Å². The summed E-state index contributed by atoms with van der Waals surface area (Å²) in [5, 5.41) is 9.98. The van der Waals surface area contributed by atoms with Crippen LogP contribution in [0.1, 0.15) is 31.4 Å². The number of para-hydroxylation sites is 1. The number of benzene rings is 1. The Morgan fingerprint density at radius 1 is 1.35 bits per heavy atom. The average Bonchev–Trinajstić information content (AvgIpc) is 2.38. The Morgan fingerprint density at radius 2 is 2.06 bits per heavy atom. The zero-order valence-electron chi connectivity index (χ0n) is 11.0. The third-order valence-corrected chi connectivity index (χ3v) is 2.94. The molecule has 1 rings (SSSR count). The standard InChI is InChI=1S/C14H23NO2/c1-4-14(16)12-8-5-6-9-13(12)15(2)10-7-11-17-3/h5-6,8-9,14,16H,4,7,10-11H2,1-3H3. The highest BCUT2D eigenvalue weighted by Crippen LogP contribution is 2.27. The predicted molar refractivity (Wildman–Crippen MR) is 71.5 cm³/mol. The number of aliphatic hydroxyl groups is 1. The monoisotopic (exact) mass is 237 g/mol. The molecule has 3 heteroatoms. The maximum absolute atomic E-state index is 9.98. The summed E-state index contributed by atoms with van der Waals surface area (Å²) < 4.78 is 5.05. The Morgan fingerprint density at radius 3 is 2.71 bits per heavy atom. The number of anilines is 1. The number of rotatable bonds is 7. The topological polar surface area (TPSA) is 32.7 Å². The summed E-state index contributed by atoms with van der Waals surface area (Å²) in [5.41, 5.74) is 2.12. The van der Waals surface area contributed by atoms with Gasteiger partial charge in [-0.25, -0.2) is 0 Å². The molecule has 0 spiro atoms. The molecule has 0 aromatic heterocycles. The molecule has 0 aliphatic heterocycles. The minimum absolute atomic E-state index is 0.379. The molecule has 96 valence electrons. The summed E-state index contributed by atoms with van der Waals surface area (Å²) in [6.45, 7) is 3.69. The molecule has 0 bridgehead atoms. The van der Waals surface area contributed by atoms with Crippen LogP contribution in [0, 0.1) is 0 Å². The van der Waals surface area contributed by atoms with Gasteiger partial charge in [-0.15, -0.1) is 0 Å². The third kappa shape index (κ3) is 4.02. The lowest BCUT2D eigenvalue weighted by molar-refractivity contribution is 0.174. The second-order valence-electron chi connectivity index (χ2n) is 4.25. The highest BCUT2D eigenvalue weighted by atomic mass is 16.5. The Hall–Kier alpha value is -1.06. The van der Waals surface area contributed by atoms with E-state index in [4.69, 9.17) is 4.74 Å². The van der Waals surface area contributed by atoms with E-state index in [-0.39, 0.29) is 6.10 Å². The summed E-state index contributed by atoms with van der Waals surface area (Å²) in [4.78, 5) is 2.17. The number of aliphatic hydroxyl groups excluding tert-OH is 1. The molecule has 0 saturated heterocycles. The summed E-state index contributed by atoms with van der Waals surface area (Å²) in [7, 11) is 3.77. The molecular formula is C14H23NO2. The zero-order chi connectivity index (χ0) is 12.7. The quantitative estimate of drug-likeness (QED) is 0.740. The van der Waals surface area contributed by atoms with Crippen LogP contribution in [0.15, 0.2) is 24.3 Å². The summed E-state index contributed by atoms with van der Waals surface area (Å²) in [5.74, 6) is 0. The number of hydrogen-bond acceptors (Lipinski definition) is 3. The molecule has 1 atom stereocenters. The number of ether oxygens (including phenoxy) is 1. The van der Waals surface area contributed by atoms with Gasteiger partial charge in [0.15, 0.2) is 0 Å². The Labute approximate surface area is 104 Å². The fourth-order valence-corrected chi connectivity index (χ4v) is 1.90. The highest BCUT2D eigenvalue weighted by Gasteiger charge is 2.12. The van der Waals surface area contributed by atoms with E-state index >= 15 is 0 Å². The van der Waals surface area contributed by atoms with Crippen molar-refractivity contribution in [3.8, 4) is 0 Å². The lowest BCUT2D eigenvalue weighted by Crippen LogP contribution is -2.21. The lowest BCUT2D eigenvalue weighted by atomic mass is 10.0. The Balaban J connectivity index is 2.74. The van der Waals surface area contributed by atoms with Gasteiger partial charge >= 0.3 is 0 Å². The molecule has 0 heterocycles. The van der Waals surface area contributed by atoms with Gasteiger partial charge in [0, 0.05) is 38.6 Å². The number of nitrogens with zero attached hydrogens (tertiary/aromatic N) is 1. The van der Waals surface area contributed by atoms with Gasteiger partial charge in [-0.2, -0.15) is 0 Å². The van der Waals surface area contributed by atoms with Crippen molar-refractivity contribution in [3.63, 3.8) is 0 Å². The van der Waals surface area contributed by atoms with E-state index < -0.39 is 0 Å². The molecule has 1 N–H and O–H groups in total. The number of methoxy groups -OCH3 is 1. The predicted octanol–water partition coefficient (Wildman–Crippen LogP) is 2.60. The van der Waals surface area contributed by atoms with Gasteiger partial charge in [-0.3, -0.25) is 0 Å². The zero-order valence-corrected chi connectivity index (χ0v) is 11.0. The van der Waals surface area contributed by atoms with Gasteiger partial charge in [0.2, 0.25) is 0 Å². The molecule has 1 aromatic carbocycles. The summed E-state index contributed by atoms with van der Waals surface area (Å²) >= 11 is 0. The second-order valence-corrected chi connectivity index (χ2v) is 4.25. The summed E-state index contributed by atoms with van der Waals surface area (Å²) in [6, 6.07) is 8.03. The molecule has 0 amide bonds. The molecule has 0 aliphatic carbocycles. The molecule has 1 aromatic rings. The van der Waals surface area contributed by atoms with Crippen LogP contribution in [0.25, 0.3) is 0 Å². The average molecular weight is 237 g/mol. The van der Waals surface area contributed by atoms with Crippen molar-refractivity contribution in [1.29, 1.82) is 0 Å². The van der Waals surface area contributed by atoms with E-state index in [0.29, 0.717) is 0 Å². The van der Waals surface area contributed by atoms with E-state index in [1.807, 2.05) is 25.1 Å². The maximum atomic E-state index is 9.98. The van der Waals surface area contributed by atoms with Crippen LogP contribution in [0.2, 0.25) is 0 Å². The molecule has 0 aliphatic rings. The molecule has 3 nitrogen and oxygen atoms in total. The molecule has 1 unspecified atom stereocenters. The van der Waals surface area contributed by atoms with E-state index in [9.17, 15) is 5.11 Å². The van der Waals surface area contributed by atoms with E-state index in [1.54, 1.807) is 7.11 Å². The minimum atomic E-state index is -0.379. The highest BCUT2D eigenvalue weighted by molar-refractivity contribution is 5.54. The van der Waals surface area contributed by atoms with Crippen molar-refractivity contribution in [3.05, 3.63) is 29.8 Å². The second kappa shape index (κ2) is 7.30. The molecule has 0 fully saturated rings. The van der Waals surface area contributed by atoms with E-state index in [0.717, 1.165) is 37.2 Å². The van der Waals surface area contributed by atoms with Crippen LogP contribution in [0.5, 0.6) is 0 Å². The van der Waals surface area contributed by atoms with Gasteiger partial charge in [-0.1, -0.05) is 25.1 Å². The van der Waals surface area contributed by atoms with E-state index in [2.05, 4.69) is 18.0 Å². The van der Waals surface area contributed by atoms with Crippen molar-refractivity contribution < 1.29 is 9.84 Å². The van der Waals surface area contributed by atoms with Crippen LogP contribution < -0.4 is 4.90 Å². The van der Waals surface area contributed by atoms with Crippen LogP contribution in [0.3, 0.4) is 0 Å². The van der Waals surface area contributed by atoms with Gasteiger partial charge in [0.05, 0.1) is 6.10 Å². The Kier molecular flexibility index (Phi) is 6.01. The first kappa shape index (κ1) is 14.0. The molecule has 17 heavy (non-hydrogen) atoms. The molecule has 0 radical (unpaired) electrons. The minimum Gasteiger partial charge on any atom is -0.388 e. The first-order valence-electron chi connectivity index (χ1n) is 6.17. The van der Waals surface area contributed by atoms with Gasteiger partial charge < -0.3 is 14.7 Å². The van der Waals surface area contributed by atoms with Crippen molar-refractivity contribution in [2.24, 2.45) is 0 Å². The first-order chi connectivity index (χ1) is 8.20. The van der Waals surface area contributed by atoms with Crippen LogP contribution >= 0.6 is 0 Å². The fraction of sp³-hybridized carbons (Fsp3) is 0.571. The molecule has 0 saturated carbocycles. The van der Waals surface area contributed by atoms with Crippen molar-refractivity contribution in [2.45, 2.75) is 25.9 Å². The summed E-state index contributed by atoms with van der Waals surface area (Å²) in [6.07, 6.45) is 1.35. The largest absolute Gasteiger partial charge is 0.388 e. The van der Waals surface area contributed by atoms with Gasteiger partial charge in [0.25, 0.3) is 0 Å². The van der Waals surface area contributed by atoms with Crippen molar-refractivity contribution in [2.75, 3.05) is 32.2 Å². The maximum Gasteiger partial charge on any atom is 0.0807 e. The van der Waals surface area contributed by atoms with Crippen LogP contribution in [0.4, 0.5) is 5.69 Å². The van der Waals surface area contributed by atoms with Gasteiger partial charge in [0.1, 0.15) is 0 Å².